The van der Waals surface area contributed by atoms with Crippen LogP contribution in [0.5, 0.6) is 0 Å². The molecule has 0 bridgehead atoms. The predicted octanol–water partition coefficient (Wildman–Crippen LogP) is 13.5. The molecule has 2 atom stereocenters. The summed E-state index contributed by atoms with van der Waals surface area (Å²) in [7, 11) is 2.14. The average molecular weight is 742 g/mol. The summed E-state index contributed by atoms with van der Waals surface area (Å²) in [5, 5.41) is 8.57. The molecule has 3 aliphatic rings. The van der Waals surface area contributed by atoms with Gasteiger partial charge < -0.3 is 20.2 Å². The molecular weight excluding hydrogens is 695 g/mol. The Kier molecular flexibility index (Phi) is 9.67. The van der Waals surface area contributed by atoms with E-state index in [0.29, 0.717) is 6.04 Å². The number of hydrogen-bond donors (Lipinski definition) is 3. The molecule has 3 heterocycles. The van der Waals surface area contributed by atoms with Crippen LogP contribution in [-0.2, 0) is 7.05 Å². The van der Waals surface area contributed by atoms with E-state index >= 15 is 0 Å². The van der Waals surface area contributed by atoms with Crippen LogP contribution in [0.2, 0.25) is 0 Å². The maximum atomic E-state index is 4.11. The second kappa shape index (κ2) is 15.4. The number of benzene rings is 7. The van der Waals surface area contributed by atoms with Crippen LogP contribution in [0.25, 0.3) is 44.2 Å². The van der Waals surface area contributed by atoms with Crippen molar-refractivity contribution >= 4 is 72.7 Å². The first-order valence-electron chi connectivity index (χ1n) is 20.0. The van der Waals surface area contributed by atoms with E-state index in [0.717, 1.165) is 23.4 Å². The zero-order chi connectivity index (χ0) is 38.9. The fraction of sp³-hybridized carbons (Fsp3) is 0.115. The van der Waals surface area contributed by atoms with E-state index in [1.54, 1.807) is 0 Å². The van der Waals surface area contributed by atoms with E-state index in [1.165, 1.54) is 71.9 Å². The highest BCUT2D eigenvalue weighted by molar-refractivity contribution is 6.17. The minimum atomic E-state index is 0.197. The third-order valence-electron chi connectivity index (χ3n) is 11.4. The van der Waals surface area contributed by atoms with Gasteiger partial charge in [0.15, 0.2) is 0 Å². The van der Waals surface area contributed by atoms with Crippen LogP contribution >= 0.6 is 0 Å². The van der Waals surface area contributed by atoms with Gasteiger partial charge in [0, 0.05) is 62.7 Å². The predicted molar refractivity (Wildman–Crippen MR) is 245 cm³/mol. The first-order chi connectivity index (χ1) is 28.2. The van der Waals surface area contributed by atoms with Gasteiger partial charge in [0.25, 0.3) is 0 Å². The summed E-state index contributed by atoms with van der Waals surface area (Å²) in [6.45, 7) is 8.11. The molecule has 2 aliphatic heterocycles. The highest BCUT2D eigenvalue weighted by Crippen LogP contribution is 2.49. The molecule has 0 saturated heterocycles. The smallest absolute Gasteiger partial charge is 0.0777 e. The van der Waals surface area contributed by atoms with Crippen molar-refractivity contribution in [2.24, 2.45) is 7.05 Å². The van der Waals surface area contributed by atoms with Gasteiger partial charge in [-0.05, 0) is 94.6 Å². The summed E-state index contributed by atoms with van der Waals surface area (Å²) in [5.74, 6) is 0. The van der Waals surface area contributed by atoms with E-state index in [1.807, 2.05) is 38.1 Å². The largest absolute Gasteiger partial charge is 0.355 e. The molecule has 0 fully saturated rings. The molecule has 57 heavy (non-hydrogen) atoms. The lowest BCUT2D eigenvalue weighted by atomic mass is 9.87. The summed E-state index contributed by atoms with van der Waals surface area (Å²) in [6.07, 6.45) is 7.77. The monoisotopic (exact) mass is 741 g/mol. The fourth-order valence-electron chi connectivity index (χ4n) is 8.77. The summed E-state index contributed by atoms with van der Waals surface area (Å²) in [4.78, 5) is 2.49. The molecule has 0 radical (unpaired) electrons. The first kappa shape index (κ1) is 35.9. The number of para-hydroxylation sites is 4. The number of nitrogens with one attached hydrogen (secondary N) is 3. The lowest BCUT2D eigenvalue weighted by molar-refractivity contribution is 0.710. The standard InChI is InChI=1S/C25H21N3.C25H20N2.C2H6/c1-2-8-18(9-3-1)28-23-13-7-5-10-19(23)21-16-17(14-15-24(21)28)25-20-11-4-6-12-22(20)26-27-25;1-3-20-22(26-19-11-5-4-6-12-19)13-14-23-25(20)21-15-17-9-7-8-10-18(17)16-24(21)27(23)2;1-2/h1-14,16,24-27H,15H2;3-16,26H,1H2,2H3;1-2H3. The highest BCUT2D eigenvalue weighted by Gasteiger charge is 2.37. The summed E-state index contributed by atoms with van der Waals surface area (Å²) in [6, 6.07) is 56.3. The van der Waals surface area contributed by atoms with E-state index in [4.69, 9.17) is 0 Å². The molecule has 0 amide bonds. The zero-order valence-corrected chi connectivity index (χ0v) is 32.7. The topological polar surface area (TPSA) is 44.3 Å². The number of aromatic nitrogens is 1. The van der Waals surface area contributed by atoms with Gasteiger partial charge in [0.1, 0.15) is 0 Å². The second-order valence-electron chi connectivity index (χ2n) is 14.5. The molecule has 8 aromatic rings. The van der Waals surface area contributed by atoms with Crippen molar-refractivity contribution in [3.63, 3.8) is 0 Å². The number of aryl methyl sites for hydroxylation is 1. The van der Waals surface area contributed by atoms with E-state index < -0.39 is 0 Å². The fourth-order valence-corrected chi connectivity index (χ4v) is 8.77. The lowest BCUT2D eigenvalue weighted by Crippen LogP contribution is -2.29. The molecule has 280 valence electrons. The van der Waals surface area contributed by atoms with Gasteiger partial charge in [-0.15, -0.1) is 0 Å². The van der Waals surface area contributed by atoms with Gasteiger partial charge in [-0.25, -0.2) is 5.43 Å². The Bertz CT molecular complexity index is 2810. The van der Waals surface area contributed by atoms with Crippen LogP contribution in [-0.4, -0.2) is 10.6 Å². The number of nitrogens with zero attached hydrogens (tertiary/aromatic N) is 2. The van der Waals surface area contributed by atoms with Crippen molar-refractivity contribution < 1.29 is 0 Å². The molecular formula is C52H47N5. The van der Waals surface area contributed by atoms with Gasteiger partial charge in [-0.3, -0.25) is 0 Å². The van der Waals surface area contributed by atoms with Crippen LogP contribution in [0.15, 0.2) is 182 Å². The number of anilines is 5. The highest BCUT2D eigenvalue weighted by atomic mass is 15.4. The Morgan fingerprint density at radius 3 is 2.19 bits per heavy atom. The Labute approximate surface area is 335 Å². The van der Waals surface area contributed by atoms with Gasteiger partial charge in [0.2, 0.25) is 0 Å². The zero-order valence-electron chi connectivity index (χ0n) is 32.7. The van der Waals surface area contributed by atoms with E-state index in [2.05, 4.69) is 191 Å². The molecule has 2 unspecified atom stereocenters. The molecule has 5 nitrogen and oxygen atoms in total. The van der Waals surface area contributed by atoms with Gasteiger partial charge in [-0.2, -0.15) is 0 Å². The van der Waals surface area contributed by atoms with E-state index in [-0.39, 0.29) is 6.04 Å². The quantitative estimate of drug-likeness (QED) is 0.164. The minimum absolute atomic E-state index is 0.197. The minimum Gasteiger partial charge on any atom is -0.355 e. The van der Waals surface area contributed by atoms with Crippen LogP contribution in [0.1, 0.15) is 43.0 Å². The van der Waals surface area contributed by atoms with Crippen molar-refractivity contribution in [2.45, 2.75) is 32.4 Å². The van der Waals surface area contributed by atoms with Crippen LogP contribution in [0.3, 0.4) is 0 Å². The number of hydrazine groups is 1. The van der Waals surface area contributed by atoms with Crippen molar-refractivity contribution in [3.8, 4) is 0 Å². The van der Waals surface area contributed by atoms with Gasteiger partial charge in [0.05, 0.1) is 17.8 Å². The molecule has 1 aromatic heterocycles. The Morgan fingerprint density at radius 2 is 1.40 bits per heavy atom. The van der Waals surface area contributed by atoms with Crippen molar-refractivity contribution in [1.29, 1.82) is 0 Å². The Morgan fingerprint density at radius 1 is 0.719 bits per heavy atom. The molecule has 11 rings (SSSR count). The summed E-state index contributed by atoms with van der Waals surface area (Å²) >= 11 is 0. The van der Waals surface area contributed by atoms with Crippen LogP contribution in [0, 0.1) is 0 Å². The van der Waals surface area contributed by atoms with Gasteiger partial charge >= 0.3 is 0 Å². The Hall–Kier alpha value is -6.82. The van der Waals surface area contributed by atoms with Crippen molar-refractivity contribution in [2.75, 3.05) is 15.6 Å². The van der Waals surface area contributed by atoms with E-state index in [9.17, 15) is 0 Å². The first-order valence-corrected chi connectivity index (χ1v) is 20.0. The second-order valence-corrected chi connectivity index (χ2v) is 14.5. The Balaban J connectivity index is 0.000000142. The van der Waals surface area contributed by atoms with Crippen molar-refractivity contribution in [3.05, 3.63) is 199 Å². The number of hydrogen-bond acceptors (Lipinski definition) is 4. The molecule has 5 heteroatoms. The molecule has 7 aromatic carbocycles. The molecule has 0 spiro atoms. The third kappa shape index (κ3) is 6.36. The lowest BCUT2D eigenvalue weighted by Gasteiger charge is -2.30. The number of rotatable bonds is 5. The SMILES string of the molecule is C1=C(C2NNc3ccccc32)C=C2c3ccccc3N(c3ccccc3)C2C1.C=Cc1c(Nc2ccccc2)ccc2c1c1cc3ccccc3cc1n2C.CC. The maximum absolute atomic E-state index is 4.11. The number of fused-ring (bicyclic) bond motifs is 8. The normalized spacial score (nSPS) is 16.2. The summed E-state index contributed by atoms with van der Waals surface area (Å²) in [5.41, 5.74) is 21.7. The van der Waals surface area contributed by atoms with Gasteiger partial charge in [-0.1, -0.05) is 136 Å². The molecule has 1 aliphatic carbocycles. The molecule has 3 N–H and O–H groups in total. The van der Waals surface area contributed by atoms with Crippen LogP contribution < -0.4 is 21.1 Å². The summed E-state index contributed by atoms with van der Waals surface area (Å²) < 4.78 is 2.27. The maximum Gasteiger partial charge on any atom is 0.0777 e. The average Bonchev–Trinajstić information content (AvgIpc) is 3.94. The molecule has 0 saturated carbocycles. The third-order valence-corrected chi connectivity index (χ3v) is 11.4. The van der Waals surface area contributed by atoms with Crippen molar-refractivity contribution in [1.82, 2.24) is 9.99 Å². The van der Waals surface area contributed by atoms with Crippen LogP contribution in [0.4, 0.5) is 28.4 Å².